The van der Waals surface area contributed by atoms with Crippen LogP contribution in [0.25, 0.3) is 0 Å². The molecule has 2 aromatic heterocycles. The molecule has 21 heavy (non-hydrogen) atoms. The average molecular weight is 308 g/mol. The highest BCUT2D eigenvalue weighted by molar-refractivity contribution is 6.34. The van der Waals surface area contributed by atoms with Gasteiger partial charge in [0.15, 0.2) is 5.69 Å². The molecule has 3 rings (SSSR count). The number of amides is 1. The molecule has 1 aliphatic carbocycles. The lowest BCUT2D eigenvalue weighted by atomic mass is 10.2. The van der Waals surface area contributed by atoms with Gasteiger partial charge in [-0.1, -0.05) is 11.6 Å². The Labute approximate surface area is 128 Å². The van der Waals surface area contributed by atoms with E-state index in [9.17, 15) is 4.79 Å². The molecule has 6 nitrogen and oxygen atoms in total. The molecule has 0 atom stereocenters. The van der Waals surface area contributed by atoms with Crippen molar-refractivity contribution in [3.63, 3.8) is 0 Å². The molecule has 0 spiro atoms. The maximum absolute atomic E-state index is 12.8. The summed E-state index contributed by atoms with van der Waals surface area (Å²) in [6.45, 7) is 2.40. The molecule has 2 heterocycles. The van der Waals surface area contributed by atoms with Crippen LogP contribution in [0.5, 0.6) is 0 Å². The minimum atomic E-state index is -0.102. The molecule has 1 saturated carbocycles. The van der Waals surface area contributed by atoms with Gasteiger partial charge in [0, 0.05) is 38.4 Å². The highest BCUT2D eigenvalue weighted by Crippen LogP contribution is 2.31. The zero-order chi connectivity index (χ0) is 15.1. The molecule has 0 bridgehead atoms. The Morgan fingerprint density at radius 1 is 1.48 bits per heavy atom. The maximum Gasteiger partial charge on any atom is 0.276 e. The summed E-state index contributed by atoms with van der Waals surface area (Å²) >= 11 is 6.24. The topological polar surface area (TPSA) is 56.0 Å². The van der Waals surface area contributed by atoms with Crippen LogP contribution in [0.3, 0.4) is 0 Å². The Morgan fingerprint density at radius 3 is 2.67 bits per heavy atom. The molecule has 0 aliphatic heterocycles. The zero-order valence-electron chi connectivity index (χ0n) is 12.4. The quantitative estimate of drug-likeness (QED) is 0.867. The van der Waals surface area contributed by atoms with Crippen LogP contribution < -0.4 is 0 Å². The summed E-state index contributed by atoms with van der Waals surface area (Å²) in [6.07, 6.45) is 5.78. The van der Waals surface area contributed by atoms with Gasteiger partial charge in [-0.3, -0.25) is 14.2 Å². The molecule has 1 amide bonds. The molecule has 0 N–H and O–H groups in total. The number of hydrogen-bond donors (Lipinski definition) is 0. The van der Waals surface area contributed by atoms with Crippen molar-refractivity contribution in [3.8, 4) is 0 Å². The molecular formula is C14H18ClN5O. The summed E-state index contributed by atoms with van der Waals surface area (Å²) < 4.78 is 3.38. The smallest absolute Gasteiger partial charge is 0.276 e. The van der Waals surface area contributed by atoms with E-state index < -0.39 is 0 Å². The molecule has 2 aromatic rings. The van der Waals surface area contributed by atoms with E-state index in [1.807, 2.05) is 25.1 Å². The Balaban J connectivity index is 1.86. The number of halogens is 1. The van der Waals surface area contributed by atoms with Crippen molar-refractivity contribution in [1.82, 2.24) is 24.5 Å². The monoisotopic (exact) mass is 307 g/mol. The van der Waals surface area contributed by atoms with Gasteiger partial charge >= 0.3 is 0 Å². The first-order valence-corrected chi connectivity index (χ1v) is 7.32. The minimum Gasteiger partial charge on any atom is -0.330 e. The SMILES string of the molecule is Cc1c(Cl)c(C(=O)N(Cc2cnn(C)c2)C2CC2)nn1C. The van der Waals surface area contributed by atoms with Crippen LogP contribution in [0.2, 0.25) is 5.02 Å². The third-order valence-electron chi connectivity index (χ3n) is 3.82. The Kier molecular flexibility index (Phi) is 3.49. The third-order valence-corrected chi connectivity index (χ3v) is 4.28. The number of carbonyl (C=O) groups excluding carboxylic acids is 1. The van der Waals surface area contributed by atoms with Crippen LogP contribution >= 0.6 is 11.6 Å². The number of rotatable bonds is 4. The van der Waals surface area contributed by atoms with Crippen LogP contribution in [0, 0.1) is 6.92 Å². The van der Waals surface area contributed by atoms with Crippen molar-refractivity contribution in [2.75, 3.05) is 0 Å². The van der Waals surface area contributed by atoms with E-state index in [4.69, 9.17) is 11.6 Å². The lowest BCUT2D eigenvalue weighted by molar-refractivity contribution is 0.0723. The number of nitrogens with zero attached hydrogens (tertiary/aromatic N) is 5. The maximum atomic E-state index is 12.8. The minimum absolute atomic E-state index is 0.102. The second-order valence-electron chi connectivity index (χ2n) is 5.56. The normalized spacial score (nSPS) is 14.5. The van der Waals surface area contributed by atoms with E-state index in [0.29, 0.717) is 17.3 Å². The fourth-order valence-corrected chi connectivity index (χ4v) is 2.60. The predicted octanol–water partition coefficient (Wildman–Crippen LogP) is 1.92. The standard InChI is InChI=1S/C14H18ClN5O/c1-9-12(15)13(17-19(9)3)14(21)20(11-4-5-11)8-10-6-16-18(2)7-10/h6-7,11H,4-5,8H2,1-3H3. The third kappa shape index (κ3) is 2.68. The summed E-state index contributed by atoms with van der Waals surface area (Å²) in [4.78, 5) is 14.6. The van der Waals surface area contributed by atoms with Gasteiger partial charge in [0.1, 0.15) is 0 Å². The number of carbonyl (C=O) groups is 1. The van der Waals surface area contributed by atoms with Crippen molar-refractivity contribution in [1.29, 1.82) is 0 Å². The van der Waals surface area contributed by atoms with Crippen LogP contribution in [0.15, 0.2) is 12.4 Å². The van der Waals surface area contributed by atoms with Gasteiger partial charge in [-0.15, -0.1) is 0 Å². The predicted molar refractivity (Wildman–Crippen MR) is 79.1 cm³/mol. The molecule has 112 valence electrons. The van der Waals surface area contributed by atoms with Crippen molar-refractivity contribution < 1.29 is 4.79 Å². The summed E-state index contributed by atoms with van der Waals surface area (Å²) in [7, 11) is 3.66. The summed E-state index contributed by atoms with van der Waals surface area (Å²) in [5, 5.41) is 8.85. The molecule has 0 aromatic carbocycles. The highest BCUT2D eigenvalue weighted by Gasteiger charge is 2.35. The van der Waals surface area contributed by atoms with Gasteiger partial charge < -0.3 is 4.90 Å². The highest BCUT2D eigenvalue weighted by atomic mass is 35.5. The largest absolute Gasteiger partial charge is 0.330 e. The van der Waals surface area contributed by atoms with Crippen LogP contribution in [-0.2, 0) is 20.6 Å². The van der Waals surface area contributed by atoms with Crippen molar-refractivity contribution >= 4 is 17.5 Å². The van der Waals surface area contributed by atoms with E-state index >= 15 is 0 Å². The first kappa shape index (κ1) is 14.1. The summed E-state index contributed by atoms with van der Waals surface area (Å²) in [5.74, 6) is -0.102. The van der Waals surface area contributed by atoms with Crippen molar-refractivity contribution in [3.05, 3.63) is 34.4 Å². The van der Waals surface area contributed by atoms with Gasteiger partial charge in [0.05, 0.1) is 16.9 Å². The Hall–Kier alpha value is -1.82. The van der Waals surface area contributed by atoms with Crippen molar-refractivity contribution in [2.45, 2.75) is 32.4 Å². The van der Waals surface area contributed by atoms with E-state index in [2.05, 4.69) is 10.2 Å². The molecule has 0 unspecified atom stereocenters. The van der Waals surface area contributed by atoms with Crippen LogP contribution in [0.1, 0.15) is 34.6 Å². The lowest BCUT2D eigenvalue weighted by Crippen LogP contribution is -2.33. The van der Waals surface area contributed by atoms with Crippen LogP contribution in [0.4, 0.5) is 0 Å². The molecule has 0 radical (unpaired) electrons. The molecule has 1 aliphatic rings. The van der Waals surface area contributed by atoms with E-state index in [1.54, 1.807) is 22.6 Å². The van der Waals surface area contributed by atoms with Crippen LogP contribution in [-0.4, -0.2) is 36.4 Å². The fraction of sp³-hybridized carbons (Fsp3) is 0.500. The number of aryl methyl sites for hydroxylation is 2. The zero-order valence-corrected chi connectivity index (χ0v) is 13.1. The number of aromatic nitrogens is 4. The second kappa shape index (κ2) is 5.18. The second-order valence-corrected chi connectivity index (χ2v) is 5.94. The average Bonchev–Trinajstić information content (AvgIpc) is 3.17. The molecular weight excluding hydrogens is 290 g/mol. The first-order chi connectivity index (χ1) is 9.97. The van der Waals surface area contributed by atoms with Gasteiger partial charge in [-0.05, 0) is 19.8 Å². The molecule has 0 saturated heterocycles. The summed E-state index contributed by atoms with van der Waals surface area (Å²) in [5.41, 5.74) is 2.16. The first-order valence-electron chi connectivity index (χ1n) is 6.95. The Bertz CT molecular complexity index is 686. The van der Waals surface area contributed by atoms with E-state index in [-0.39, 0.29) is 11.9 Å². The molecule has 7 heteroatoms. The van der Waals surface area contributed by atoms with Crippen molar-refractivity contribution in [2.24, 2.45) is 14.1 Å². The van der Waals surface area contributed by atoms with Gasteiger partial charge in [0.25, 0.3) is 5.91 Å². The lowest BCUT2D eigenvalue weighted by Gasteiger charge is -2.20. The van der Waals surface area contributed by atoms with E-state index in [0.717, 1.165) is 24.1 Å². The Morgan fingerprint density at radius 2 is 2.19 bits per heavy atom. The number of hydrogen-bond acceptors (Lipinski definition) is 3. The van der Waals surface area contributed by atoms with Gasteiger partial charge in [0.2, 0.25) is 0 Å². The fourth-order valence-electron chi connectivity index (χ4n) is 2.36. The molecule has 1 fully saturated rings. The van der Waals surface area contributed by atoms with E-state index in [1.165, 1.54) is 0 Å². The van der Waals surface area contributed by atoms with Gasteiger partial charge in [-0.2, -0.15) is 10.2 Å². The summed E-state index contributed by atoms with van der Waals surface area (Å²) in [6, 6.07) is 0.288. The van der Waals surface area contributed by atoms with Gasteiger partial charge in [-0.25, -0.2) is 0 Å².